The lowest BCUT2D eigenvalue weighted by molar-refractivity contribution is 0.0742. The Hall–Kier alpha value is -2.34. The Morgan fingerprint density at radius 3 is 2.58 bits per heavy atom. The zero-order valence-electron chi connectivity index (χ0n) is 10.4. The highest BCUT2D eigenvalue weighted by molar-refractivity contribution is 5.92. The van der Waals surface area contributed by atoms with Crippen LogP contribution in [0.5, 0.6) is 0 Å². The number of carbonyl (C=O) groups excluding carboxylic acids is 1. The van der Waals surface area contributed by atoms with Gasteiger partial charge < -0.3 is 20.6 Å². The highest BCUT2D eigenvalue weighted by atomic mass is 16.2. The molecular weight excluding hydrogens is 244 g/mol. The van der Waals surface area contributed by atoms with Gasteiger partial charge >= 0.3 is 5.69 Å². The molecule has 100 valence electrons. The monoisotopic (exact) mass is 260 g/mol. The molecule has 4 N–H and O–H groups in total. The number of nitrogens with one attached hydrogen (secondary N) is 2. The summed E-state index contributed by atoms with van der Waals surface area (Å²) in [5.74, 6) is -0.243. The molecule has 0 atom stereocenters. The predicted molar refractivity (Wildman–Crippen MR) is 71.7 cm³/mol. The fraction of sp³-hybridized carbons (Fsp3) is 0.231. The van der Waals surface area contributed by atoms with Crippen molar-refractivity contribution in [3.63, 3.8) is 0 Å². The summed E-state index contributed by atoms with van der Waals surface area (Å²) in [5.41, 5.74) is 6.40. The van der Waals surface area contributed by atoms with Crippen LogP contribution >= 0.6 is 0 Å². The van der Waals surface area contributed by atoms with Crippen molar-refractivity contribution in [3.05, 3.63) is 58.3 Å². The minimum absolute atomic E-state index is 0.243. The predicted octanol–water partition coefficient (Wildman–Crippen LogP) is 0.304. The van der Waals surface area contributed by atoms with Crippen LogP contribution in [0.1, 0.15) is 16.1 Å². The van der Waals surface area contributed by atoms with Crippen molar-refractivity contribution in [1.29, 1.82) is 0 Å². The second-order valence-electron chi connectivity index (χ2n) is 4.16. The topological polar surface area (TPSA) is 95.0 Å². The maximum Gasteiger partial charge on any atom is 0.323 e. The van der Waals surface area contributed by atoms with Gasteiger partial charge in [0, 0.05) is 25.8 Å². The summed E-state index contributed by atoms with van der Waals surface area (Å²) in [6.07, 6.45) is 1.37. The zero-order chi connectivity index (χ0) is 13.7. The average molecular weight is 260 g/mol. The summed E-state index contributed by atoms with van der Waals surface area (Å²) in [4.78, 5) is 29.7. The fourth-order valence-electron chi connectivity index (χ4n) is 1.83. The van der Waals surface area contributed by atoms with Gasteiger partial charge in [-0.1, -0.05) is 30.3 Å². The van der Waals surface area contributed by atoms with E-state index < -0.39 is 5.69 Å². The molecule has 0 fully saturated rings. The number of amides is 1. The molecule has 2 aromatic rings. The van der Waals surface area contributed by atoms with Crippen LogP contribution in [0.25, 0.3) is 0 Å². The number of rotatable bonds is 5. The van der Waals surface area contributed by atoms with E-state index in [1.807, 2.05) is 30.3 Å². The summed E-state index contributed by atoms with van der Waals surface area (Å²) >= 11 is 0. The third-order valence-corrected chi connectivity index (χ3v) is 2.73. The minimum atomic E-state index is -0.393. The van der Waals surface area contributed by atoms with Gasteiger partial charge in [-0.2, -0.15) is 0 Å². The van der Waals surface area contributed by atoms with Crippen molar-refractivity contribution in [2.24, 2.45) is 5.73 Å². The van der Waals surface area contributed by atoms with Gasteiger partial charge in [0.1, 0.15) is 5.69 Å². The molecule has 6 nitrogen and oxygen atoms in total. The number of aromatic nitrogens is 2. The highest BCUT2D eigenvalue weighted by Gasteiger charge is 2.17. The number of nitrogens with zero attached hydrogens (tertiary/aromatic N) is 1. The molecule has 1 amide bonds. The van der Waals surface area contributed by atoms with Crippen LogP contribution in [-0.2, 0) is 6.54 Å². The zero-order valence-corrected chi connectivity index (χ0v) is 10.4. The Labute approximate surface area is 110 Å². The summed E-state index contributed by atoms with van der Waals surface area (Å²) in [7, 11) is 0. The summed E-state index contributed by atoms with van der Waals surface area (Å²) in [6.45, 7) is 1.26. The summed E-state index contributed by atoms with van der Waals surface area (Å²) in [6, 6.07) is 9.63. The quantitative estimate of drug-likeness (QED) is 0.721. The van der Waals surface area contributed by atoms with Crippen LogP contribution in [0.3, 0.4) is 0 Å². The van der Waals surface area contributed by atoms with E-state index >= 15 is 0 Å². The molecule has 0 aliphatic heterocycles. The Kier molecular flexibility index (Phi) is 4.15. The molecule has 6 heteroatoms. The molecule has 0 unspecified atom stereocenters. The lowest BCUT2D eigenvalue weighted by Gasteiger charge is -2.21. The number of carbonyl (C=O) groups is 1. The molecule has 0 spiro atoms. The highest BCUT2D eigenvalue weighted by Crippen LogP contribution is 2.07. The number of aromatic amines is 2. The first-order chi connectivity index (χ1) is 9.20. The number of H-pyrrole nitrogens is 2. The largest absolute Gasteiger partial charge is 0.332 e. The Balaban J connectivity index is 2.15. The van der Waals surface area contributed by atoms with E-state index in [4.69, 9.17) is 5.73 Å². The first kappa shape index (κ1) is 13.1. The van der Waals surface area contributed by atoms with E-state index in [2.05, 4.69) is 9.97 Å². The molecule has 1 aromatic heterocycles. The fourth-order valence-corrected chi connectivity index (χ4v) is 1.83. The Morgan fingerprint density at radius 1 is 1.26 bits per heavy atom. The second-order valence-corrected chi connectivity index (χ2v) is 4.16. The molecule has 0 saturated heterocycles. The van der Waals surface area contributed by atoms with Crippen LogP contribution < -0.4 is 11.4 Å². The van der Waals surface area contributed by atoms with Crippen molar-refractivity contribution in [3.8, 4) is 0 Å². The van der Waals surface area contributed by atoms with Gasteiger partial charge in [-0.05, 0) is 5.56 Å². The van der Waals surface area contributed by atoms with Gasteiger partial charge in [0.05, 0.1) is 0 Å². The van der Waals surface area contributed by atoms with Crippen LogP contribution in [0.2, 0.25) is 0 Å². The second kappa shape index (κ2) is 6.01. The number of nitrogens with two attached hydrogens (primary N) is 1. The number of hydrogen-bond donors (Lipinski definition) is 3. The number of imidazole rings is 1. The Bertz CT molecular complexity index is 588. The summed E-state index contributed by atoms with van der Waals surface area (Å²) in [5, 5.41) is 0. The number of benzene rings is 1. The lowest BCUT2D eigenvalue weighted by Crippen LogP contribution is -2.35. The Morgan fingerprint density at radius 2 is 2.00 bits per heavy atom. The average Bonchev–Trinajstić information content (AvgIpc) is 2.85. The maximum atomic E-state index is 12.2. The van der Waals surface area contributed by atoms with Gasteiger partial charge in [-0.25, -0.2) is 4.79 Å². The van der Waals surface area contributed by atoms with E-state index in [0.717, 1.165) is 5.56 Å². The molecule has 1 heterocycles. The van der Waals surface area contributed by atoms with E-state index in [1.54, 1.807) is 4.90 Å². The molecular formula is C13H16N4O2. The van der Waals surface area contributed by atoms with Gasteiger partial charge in [-0.15, -0.1) is 0 Å². The molecule has 0 radical (unpaired) electrons. The molecule has 19 heavy (non-hydrogen) atoms. The van der Waals surface area contributed by atoms with E-state index in [-0.39, 0.29) is 11.6 Å². The van der Waals surface area contributed by atoms with Gasteiger partial charge in [0.25, 0.3) is 5.91 Å². The molecule has 0 aliphatic carbocycles. The summed E-state index contributed by atoms with van der Waals surface area (Å²) < 4.78 is 0. The normalized spacial score (nSPS) is 10.4. The van der Waals surface area contributed by atoms with Crippen LogP contribution in [-0.4, -0.2) is 33.9 Å². The number of hydrogen-bond acceptors (Lipinski definition) is 3. The van der Waals surface area contributed by atoms with E-state index in [0.29, 0.717) is 19.6 Å². The SMILES string of the molecule is NCCN(Cc1ccccc1)C(=O)c1c[nH]c(=O)[nH]1. The molecule has 1 aromatic carbocycles. The molecule has 0 bridgehead atoms. The third-order valence-electron chi connectivity index (χ3n) is 2.73. The van der Waals surface area contributed by atoms with Crippen LogP contribution in [0, 0.1) is 0 Å². The van der Waals surface area contributed by atoms with Crippen LogP contribution in [0.15, 0.2) is 41.3 Å². The first-order valence-electron chi connectivity index (χ1n) is 6.01. The van der Waals surface area contributed by atoms with Gasteiger partial charge in [-0.3, -0.25) is 4.79 Å². The minimum Gasteiger partial charge on any atom is -0.332 e. The lowest BCUT2D eigenvalue weighted by atomic mass is 10.2. The molecule has 2 rings (SSSR count). The van der Waals surface area contributed by atoms with E-state index in [9.17, 15) is 9.59 Å². The first-order valence-corrected chi connectivity index (χ1v) is 6.01. The van der Waals surface area contributed by atoms with Gasteiger partial charge in [0.15, 0.2) is 0 Å². The van der Waals surface area contributed by atoms with Crippen molar-refractivity contribution >= 4 is 5.91 Å². The van der Waals surface area contributed by atoms with Crippen molar-refractivity contribution in [2.45, 2.75) is 6.54 Å². The van der Waals surface area contributed by atoms with Crippen molar-refractivity contribution < 1.29 is 4.79 Å². The third kappa shape index (κ3) is 3.32. The van der Waals surface area contributed by atoms with Crippen LogP contribution in [0.4, 0.5) is 0 Å². The maximum absolute atomic E-state index is 12.2. The van der Waals surface area contributed by atoms with Crippen molar-refractivity contribution in [2.75, 3.05) is 13.1 Å². The molecule has 0 aliphatic rings. The van der Waals surface area contributed by atoms with Gasteiger partial charge in [0.2, 0.25) is 0 Å². The molecule has 0 saturated carbocycles. The van der Waals surface area contributed by atoms with E-state index in [1.165, 1.54) is 6.20 Å². The standard InChI is InChI=1S/C13H16N4O2/c14-6-7-17(9-10-4-2-1-3-5-10)12(18)11-8-15-13(19)16-11/h1-5,8H,6-7,9,14H2,(H2,15,16,19). The smallest absolute Gasteiger partial charge is 0.323 e. The van der Waals surface area contributed by atoms with Crippen molar-refractivity contribution in [1.82, 2.24) is 14.9 Å².